The molecule has 2 N–H and O–H groups in total. The van der Waals surface area contributed by atoms with Crippen LogP contribution in [0.3, 0.4) is 0 Å². The Morgan fingerprint density at radius 3 is 2.68 bits per heavy atom. The molecular weight excluding hydrogens is 243 g/mol. The van der Waals surface area contributed by atoms with Crippen molar-refractivity contribution < 1.29 is 4.39 Å². The number of halogens is 1. The maximum atomic E-state index is 13.0. The van der Waals surface area contributed by atoms with Gasteiger partial charge in [-0.15, -0.1) is 0 Å². The van der Waals surface area contributed by atoms with E-state index < -0.39 is 0 Å². The first-order valence-electron chi connectivity index (χ1n) is 6.08. The second-order valence-corrected chi connectivity index (χ2v) is 4.22. The highest BCUT2D eigenvalue weighted by molar-refractivity contribution is 5.73. The Morgan fingerprint density at radius 1 is 1.16 bits per heavy atom. The lowest BCUT2D eigenvalue weighted by molar-refractivity contribution is 0.627. The molecule has 3 aromatic rings. The van der Waals surface area contributed by atoms with Crippen molar-refractivity contribution in [1.82, 2.24) is 14.5 Å². The molecule has 0 aliphatic carbocycles. The van der Waals surface area contributed by atoms with Crippen LogP contribution in [0.4, 0.5) is 4.39 Å². The number of pyridine rings is 1. The second-order valence-electron chi connectivity index (χ2n) is 4.22. The van der Waals surface area contributed by atoms with Crippen LogP contribution in [0.25, 0.3) is 16.9 Å². The summed E-state index contributed by atoms with van der Waals surface area (Å²) in [5.74, 6) is 0.573. The highest BCUT2D eigenvalue weighted by atomic mass is 19.1. The number of hydrogen-bond acceptors (Lipinski definition) is 3. The molecule has 2 heterocycles. The molecular formula is C14H13FN4. The molecule has 5 heteroatoms. The molecule has 3 rings (SSSR count). The number of imidazole rings is 1. The smallest absolute Gasteiger partial charge is 0.164 e. The van der Waals surface area contributed by atoms with Crippen molar-refractivity contribution in [1.29, 1.82) is 0 Å². The molecule has 96 valence electrons. The van der Waals surface area contributed by atoms with Crippen LogP contribution in [0.5, 0.6) is 0 Å². The van der Waals surface area contributed by atoms with Gasteiger partial charge in [-0.25, -0.2) is 14.4 Å². The third-order valence-electron chi connectivity index (χ3n) is 2.94. The molecule has 0 radical (unpaired) electrons. The van der Waals surface area contributed by atoms with Crippen molar-refractivity contribution in [3.05, 3.63) is 54.2 Å². The summed E-state index contributed by atoms with van der Waals surface area (Å²) in [6, 6.07) is 10.0. The van der Waals surface area contributed by atoms with E-state index in [2.05, 4.69) is 9.97 Å². The fourth-order valence-electron chi connectivity index (χ4n) is 2.12. The molecule has 0 fully saturated rings. The van der Waals surface area contributed by atoms with Gasteiger partial charge in [0.1, 0.15) is 17.2 Å². The molecule has 0 amide bonds. The summed E-state index contributed by atoms with van der Waals surface area (Å²) in [5, 5.41) is 0. The first-order valence-corrected chi connectivity index (χ1v) is 6.08. The number of fused-ring (bicyclic) bond motifs is 1. The van der Waals surface area contributed by atoms with Gasteiger partial charge in [-0.05, 0) is 42.9 Å². The van der Waals surface area contributed by atoms with E-state index in [1.807, 2.05) is 16.7 Å². The van der Waals surface area contributed by atoms with Gasteiger partial charge in [-0.1, -0.05) is 0 Å². The van der Waals surface area contributed by atoms with Crippen molar-refractivity contribution in [2.75, 3.05) is 6.54 Å². The quantitative estimate of drug-likeness (QED) is 0.780. The predicted octanol–water partition coefficient (Wildman–Crippen LogP) is 2.06. The lowest BCUT2D eigenvalue weighted by Crippen LogP contribution is -2.09. The van der Waals surface area contributed by atoms with E-state index in [1.165, 1.54) is 12.1 Å². The minimum absolute atomic E-state index is 0.262. The van der Waals surface area contributed by atoms with Crippen LogP contribution in [0.15, 0.2) is 42.6 Å². The van der Waals surface area contributed by atoms with Gasteiger partial charge in [0.2, 0.25) is 0 Å². The predicted molar refractivity (Wildman–Crippen MR) is 71.6 cm³/mol. The third kappa shape index (κ3) is 2.08. The van der Waals surface area contributed by atoms with Crippen LogP contribution >= 0.6 is 0 Å². The van der Waals surface area contributed by atoms with E-state index in [9.17, 15) is 4.39 Å². The number of rotatable bonds is 3. The molecule has 0 saturated heterocycles. The van der Waals surface area contributed by atoms with Gasteiger partial charge in [0.25, 0.3) is 0 Å². The van der Waals surface area contributed by atoms with Crippen molar-refractivity contribution in [2.45, 2.75) is 6.42 Å². The zero-order valence-corrected chi connectivity index (χ0v) is 10.3. The lowest BCUT2D eigenvalue weighted by atomic mass is 10.3. The summed E-state index contributed by atoms with van der Waals surface area (Å²) in [4.78, 5) is 8.88. The maximum absolute atomic E-state index is 13.0. The SMILES string of the molecule is NCCc1nc2cccnc2n1-c1ccc(F)cc1. The van der Waals surface area contributed by atoms with E-state index in [0.29, 0.717) is 13.0 Å². The zero-order valence-electron chi connectivity index (χ0n) is 10.3. The average Bonchev–Trinajstić information content (AvgIpc) is 2.78. The standard InChI is InChI=1S/C14H13FN4/c15-10-3-5-11(6-4-10)19-13(7-8-16)18-12-2-1-9-17-14(12)19/h1-6,9H,7-8,16H2. The number of aromatic nitrogens is 3. The molecule has 0 unspecified atom stereocenters. The molecule has 1 aromatic carbocycles. The number of hydrogen-bond donors (Lipinski definition) is 1. The number of benzene rings is 1. The number of nitrogens with zero attached hydrogens (tertiary/aromatic N) is 3. The normalized spacial score (nSPS) is 11.1. The van der Waals surface area contributed by atoms with Gasteiger partial charge < -0.3 is 5.73 Å². The average molecular weight is 256 g/mol. The second kappa shape index (κ2) is 4.78. The molecule has 0 saturated carbocycles. The summed E-state index contributed by atoms with van der Waals surface area (Å²) in [6.07, 6.45) is 2.37. The summed E-state index contributed by atoms with van der Waals surface area (Å²) >= 11 is 0. The minimum atomic E-state index is -0.262. The first kappa shape index (κ1) is 11.8. The van der Waals surface area contributed by atoms with Crippen LogP contribution in [-0.2, 0) is 6.42 Å². The molecule has 2 aromatic heterocycles. The van der Waals surface area contributed by atoms with Crippen LogP contribution in [-0.4, -0.2) is 21.1 Å². The van der Waals surface area contributed by atoms with Crippen molar-refractivity contribution in [3.63, 3.8) is 0 Å². The van der Waals surface area contributed by atoms with Crippen molar-refractivity contribution in [3.8, 4) is 5.69 Å². The molecule has 0 aliphatic heterocycles. The largest absolute Gasteiger partial charge is 0.330 e. The third-order valence-corrected chi connectivity index (χ3v) is 2.94. The first-order chi connectivity index (χ1) is 9.29. The molecule has 4 nitrogen and oxygen atoms in total. The van der Waals surface area contributed by atoms with Crippen LogP contribution < -0.4 is 5.73 Å². The highest BCUT2D eigenvalue weighted by Crippen LogP contribution is 2.20. The Kier molecular flexibility index (Phi) is 2.97. The molecule has 19 heavy (non-hydrogen) atoms. The molecule has 0 bridgehead atoms. The van der Waals surface area contributed by atoms with Gasteiger partial charge in [-0.2, -0.15) is 0 Å². The number of nitrogens with two attached hydrogens (primary N) is 1. The van der Waals surface area contributed by atoms with Gasteiger partial charge in [-0.3, -0.25) is 4.57 Å². The minimum Gasteiger partial charge on any atom is -0.330 e. The monoisotopic (exact) mass is 256 g/mol. The molecule has 0 spiro atoms. The van der Waals surface area contributed by atoms with E-state index >= 15 is 0 Å². The lowest BCUT2D eigenvalue weighted by Gasteiger charge is -2.07. The van der Waals surface area contributed by atoms with E-state index in [4.69, 9.17) is 5.73 Å². The van der Waals surface area contributed by atoms with Crippen molar-refractivity contribution >= 4 is 11.2 Å². The summed E-state index contributed by atoms with van der Waals surface area (Å²) < 4.78 is 14.9. The topological polar surface area (TPSA) is 56.7 Å². The Bertz CT molecular complexity index is 703. The van der Waals surface area contributed by atoms with Gasteiger partial charge in [0.05, 0.1) is 0 Å². The Hall–Kier alpha value is -2.27. The fraction of sp³-hybridized carbons (Fsp3) is 0.143. The molecule has 0 atom stereocenters. The Balaban J connectivity index is 2.24. The van der Waals surface area contributed by atoms with E-state index in [1.54, 1.807) is 18.3 Å². The Morgan fingerprint density at radius 2 is 1.95 bits per heavy atom. The van der Waals surface area contributed by atoms with Crippen LogP contribution in [0.2, 0.25) is 0 Å². The highest BCUT2D eigenvalue weighted by Gasteiger charge is 2.12. The van der Waals surface area contributed by atoms with E-state index in [-0.39, 0.29) is 5.82 Å². The van der Waals surface area contributed by atoms with E-state index in [0.717, 1.165) is 22.7 Å². The summed E-state index contributed by atoms with van der Waals surface area (Å²) in [6.45, 7) is 0.504. The summed E-state index contributed by atoms with van der Waals surface area (Å²) in [5.41, 5.74) is 8.04. The fourth-order valence-corrected chi connectivity index (χ4v) is 2.12. The van der Waals surface area contributed by atoms with Crippen LogP contribution in [0.1, 0.15) is 5.82 Å². The molecule has 0 aliphatic rings. The van der Waals surface area contributed by atoms with Crippen molar-refractivity contribution in [2.24, 2.45) is 5.73 Å². The maximum Gasteiger partial charge on any atom is 0.164 e. The zero-order chi connectivity index (χ0) is 13.2. The van der Waals surface area contributed by atoms with Gasteiger partial charge in [0, 0.05) is 18.3 Å². The Labute approximate surface area is 109 Å². The van der Waals surface area contributed by atoms with Gasteiger partial charge >= 0.3 is 0 Å². The van der Waals surface area contributed by atoms with Crippen LogP contribution in [0, 0.1) is 5.82 Å². The van der Waals surface area contributed by atoms with Gasteiger partial charge in [0.15, 0.2) is 5.65 Å². The summed E-state index contributed by atoms with van der Waals surface area (Å²) in [7, 11) is 0.